The number of carbonyl (C=O) groups excluding carboxylic acids is 1. The topological polar surface area (TPSA) is 29.5 Å². The van der Waals surface area contributed by atoms with Gasteiger partial charge in [-0.05, 0) is 45.9 Å². The maximum Gasteiger partial charge on any atom is 0.325 e. The SMILES string of the molecule is O=C1OCN(C2(c3ccccc3)c3ccccc3-c3ccccc32)C1Cc1ccccc1Br. The van der Waals surface area contributed by atoms with Gasteiger partial charge in [0.25, 0.3) is 0 Å². The number of nitrogens with zero attached hydrogens (tertiary/aromatic N) is 1. The molecule has 1 saturated heterocycles. The van der Waals surface area contributed by atoms with Crippen LogP contribution in [0, 0.1) is 0 Å². The van der Waals surface area contributed by atoms with Crippen LogP contribution in [0.2, 0.25) is 0 Å². The Bertz CT molecular complexity index is 1310. The maximum atomic E-state index is 13.2. The van der Waals surface area contributed by atoms with E-state index in [1.54, 1.807) is 0 Å². The van der Waals surface area contributed by atoms with E-state index in [4.69, 9.17) is 4.74 Å². The number of halogens is 1. The van der Waals surface area contributed by atoms with Crippen molar-refractivity contribution in [1.29, 1.82) is 0 Å². The van der Waals surface area contributed by atoms with Crippen molar-refractivity contribution in [3.05, 3.63) is 130 Å². The lowest BCUT2D eigenvalue weighted by atomic mass is 9.78. The number of carbonyl (C=O) groups is 1. The van der Waals surface area contributed by atoms with Crippen LogP contribution < -0.4 is 0 Å². The fourth-order valence-electron chi connectivity index (χ4n) is 5.52. The smallest absolute Gasteiger partial charge is 0.325 e. The van der Waals surface area contributed by atoms with Crippen LogP contribution in [0.1, 0.15) is 22.3 Å². The van der Waals surface area contributed by atoms with Crippen molar-refractivity contribution in [2.45, 2.75) is 18.0 Å². The average Bonchev–Trinajstić information content (AvgIpc) is 3.37. The number of hydrogen-bond acceptors (Lipinski definition) is 3. The van der Waals surface area contributed by atoms with Gasteiger partial charge in [-0.15, -0.1) is 0 Å². The van der Waals surface area contributed by atoms with E-state index >= 15 is 0 Å². The van der Waals surface area contributed by atoms with Gasteiger partial charge in [0.2, 0.25) is 0 Å². The lowest BCUT2D eigenvalue weighted by Gasteiger charge is -2.42. The summed E-state index contributed by atoms with van der Waals surface area (Å²) >= 11 is 3.67. The average molecular weight is 496 g/mol. The van der Waals surface area contributed by atoms with Crippen LogP contribution in [0.5, 0.6) is 0 Å². The standard InChI is InChI=1S/C29H22BrNO2/c30-26-17-9-4-10-20(26)18-27-28(32)33-19-31(27)29(21-11-2-1-3-12-21)24-15-7-5-13-22(24)23-14-6-8-16-25(23)29/h1-17,27H,18-19H2. The molecule has 3 nitrogen and oxygen atoms in total. The van der Waals surface area contributed by atoms with Crippen LogP contribution in [-0.2, 0) is 21.5 Å². The van der Waals surface area contributed by atoms with Gasteiger partial charge in [-0.1, -0.05) is 113 Å². The van der Waals surface area contributed by atoms with Crippen LogP contribution in [0.25, 0.3) is 11.1 Å². The molecule has 4 heteroatoms. The van der Waals surface area contributed by atoms with Gasteiger partial charge < -0.3 is 4.74 Å². The third-order valence-corrected chi connectivity index (χ3v) is 7.69. The summed E-state index contributed by atoms with van der Waals surface area (Å²) in [5.74, 6) is -0.178. The minimum absolute atomic E-state index is 0.178. The highest BCUT2D eigenvalue weighted by atomic mass is 79.9. The largest absolute Gasteiger partial charge is 0.448 e. The van der Waals surface area contributed by atoms with Gasteiger partial charge in [0.15, 0.2) is 0 Å². The van der Waals surface area contributed by atoms with Crippen molar-refractivity contribution in [3.63, 3.8) is 0 Å². The van der Waals surface area contributed by atoms with Gasteiger partial charge in [0.1, 0.15) is 18.3 Å². The Morgan fingerprint density at radius 2 is 1.36 bits per heavy atom. The van der Waals surface area contributed by atoms with Crippen molar-refractivity contribution in [2.75, 3.05) is 6.73 Å². The first-order valence-electron chi connectivity index (χ1n) is 11.1. The van der Waals surface area contributed by atoms with E-state index in [1.807, 2.05) is 24.3 Å². The number of cyclic esters (lactones) is 1. The van der Waals surface area contributed by atoms with Crippen LogP contribution in [0.3, 0.4) is 0 Å². The molecule has 0 radical (unpaired) electrons. The zero-order valence-electron chi connectivity index (χ0n) is 17.9. The van der Waals surface area contributed by atoms with E-state index in [0.29, 0.717) is 6.42 Å². The lowest BCUT2D eigenvalue weighted by molar-refractivity contribution is -0.139. The molecule has 4 aromatic rings. The highest BCUT2D eigenvalue weighted by Gasteiger charge is 2.55. The molecule has 1 aliphatic carbocycles. The molecule has 0 N–H and O–H groups in total. The summed E-state index contributed by atoms with van der Waals surface area (Å²) in [7, 11) is 0. The second kappa shape index (κ2) is 7.98. The first kappa shape index (κ1) is 20.4. The normalized spacial score (nSPS) is 18.6. The summed E-state index contributed by atoms with van der Waals surface area (Å²) in [6.07, 6.45) is 0.569. The number of hydrogen-bond donors (Lipinski definition) is 0. The van der Waals surface area contributed by atoms with E-state index in [1.165, 1.54) is 22.3 Å². The van der Waals surface area contributed by atoms with Gasteiger partial charge in [0, 0.05) is 4.47 Å². The molecule has 0 amide bonds. The third-order valence-electron chi connectivity index (χ3n) is 6.91. The Morgan fingerprint density at radius 1 is 0.788 bits per heavy atom. The Morgan fingerprint density at radius 3 is 2.03 bits per heavy atom. The fourth-order valence-corrected chi connectivity index (χ4v) is 5.97. The zero-order valence-corrected chi connectivity index (χ0v) is 19.5. The molecule has 1 aliphatic heterocycles. The molecule has 0 spiro atoms. The molecule has 1 fully saturated rings. The first-order valence-corrected chi connectivity index (χ1v) is 11.9. The molecule has 0 saturated carbocycles. The highest BCUT2D eigenvalue weighted by molar-refractivity contribution is 9.10. The first-order chi connectivity index (χ1) is 16.2. The van der Waals surface area contributed by atoms with Crippen molar-refractivity contribution in [1.82, 2.24) is 4.90 Å². The summed E-state index contributed by atoms with van der Waals surface area (Å²) in [5, 5.41) is 0. The zero-order chi connectivity index (χ0) is 22.4. The number of esters is 1. The molecular formula is C29H22BrNO2. The summed E-state index contributed by atoms with van der Waals surface area (Å²) in [6.45, 7) is 0.242. The number of rotatable bonds is 4. The molecule has 1 atom stereocenters. The maximum absolute atomic E-state index is 13.2. The van der Waals surface area contributed by atoms with E-state index in [2.05, 4.69) is 99.7 Å². The predicted molar refractivity (Wildman–Crippen MR) is 133 cm³/mol. The Hall–Kier alpha value is -3.21. The van der Waals surface area contributed by atoms with E-state index in [-0.39, 0.29) is 12.7 Å². The number of ether oxygens (including phenoxy) is 1. The monoisotopic (exact) mass is 495 g/mol. The van der Waals surface area contributed by atoms with Crippen LogP contribution in [-0.4, -0.2) is 23.6 Å². The Balaban J connectivity index is 1.61. The lowest BCUT2D eigenvalue weighted by Crippen LogP contribution is -2.51. The molecule has 1 heterocycles. The Labute approximate surface area is 201 Å². The van der Waals surface area contributed by atoms with Crippen molar-refractivity contribution >= 4 is 21.9 Å². The van der Waals surface area contributed by atoms with Gasteiger partial charge in [-0.2, -0.15) is 0 Å². The van der Waals surface area contributed by atoms with E-state index < -0.39 is 11.6 Å². The molecule has 4 aromatic carbocycles. The third kappa shape index (κ3) is 3.01. The predicted octanol–water partition coefficient (Wildman–Crippen LogP) is 6.15. The second-order valence-corrected chi connectivity index (χ2v) is 9.40. The summed E-state index contributed by atoms with van der Waals surface area (Å²) in [4.78, 5) is 15.4. The van der Waals surface area contributed by atoms with Gasteiger partial charge in [-0.3, -0.25) is 4.79 Å². The second-order valence-electron chi connectivity index (χ2n) is 8.54. The number of benzene rings is 4. The summed E-state index contributed by atoms with van der Waals surface area (Å²) in [6, 6.07) is 35.3. The van der Waals surface area contributed by atoms with Crippen LogP contribution >= 0.6 is 15.9 Å². The number of fused-ring (bicyclic) bond motifs is 3. The van der Waals surface area contributed by atoms with Crippen molar-refractivity contribution < 1.29 is 9.53 Å². The van der Waals surface area contributed by atoms with Gasteiger partial charge in [0.05, 0.1) is 0 Å². The fraction of sp³-hybridized carbons (Fsp3) is 0.138. The molecular weight excluding hydrogens is 474 g/mol. The van der Waals surface area contributed by atoms with E-state index in [9.17, 15) is 4.79 Å². The van der Waals surface area contributed by atoms with Crippen LogP contribution in [0.15, 0.2) is 108 Å². The summed E-state index contributed by atoms with van der Waals surface area (Å²) < 4.78 is 6.76. The van der Waals surface area contributed by atoms with Crippen molar-refractivity contribution in [3.8, 4) is 11.1 Å². The molecule has 2 aliphatic rings. The molecule has 0 bridgehead atoms. The molecule has 0 aromatic heterocycles. The van der Waals surface area contributed by atoms with Gasteiger partial charge in [-0.25, -0.2) is 4.90 Å². The van der Waals surface area contributed by atoms with Crippen molar-refractivity contribution in [2.24, 2.45) is 0 Å². The Kier molecular flexibility index (Phi) is 4.93. The molecule has 33 heavy (non-hydrogen) atoms. The molecule has 1 unspecified atom stereocenters. The molecule has 6 rings (SSSR count). The highest BCUT2D eigenvalue weighted by Crippen LogP contribution is 2.55. The molecule has 162 valence electrons. The minimum atomic E-state index is -0.619. The van der Waals surface area contributed by atoms with Gasteiger partial charge >= 0.3 is 5.97 Å². The van der Waals surface area contributed by atoms with E-state index in [0.717, 1.165) is 15.6 Å². The quantitative estimate of drug-likeness (QED) is 0.318. The van der Waals surface area contributed by atoms with Crippen LogP contribution in [0.4, 0.5) is 0 Å². The summed E-state index contributed by atoms with van der Waals surface area (Å²) in [5.41, 5.74) is 6.39. The minimum Gasteiger partial charge on any atom is -0.448 e.